The fraction of sp³-hybridized carbons (Fsp3) is 0.391. The van der Waals surface area contributed by atoms with E-state index in [2.05, 4.69) is 29.6 Å². The molecule has 1 heterocycles. The standard InChI is InChI=1S/C23H28N2O2/c1-17-8-10-21(11-9-17)22(24-18(2)26)16-23(27)25-14-12-20(13-15-25)19-6-4-3-5-7-19/h3-11,20,22H,12-16H2,1-2H3,(H,24,26). The van der Waals surface area contributed by atoms with Crippen LogP contribution in [0, 0.1) is 6.92 Å². The molecule has 1 unspecified atom stereocenters. The van der Waals surface area contributed by atoms with Gasteiger partial charge in [-0.05, 0) is 36.8 Å². The Kier molecular flexibility index (Phi) is 6.28. The van der Waals surface area contributed by atoms with Gasteiger partial charge in [-0.3, -0.25) is 9.59 Å². The van der Waals surface area contributed by atoms with Crippen LogP contribution < -0.4 is 5.32 Å². The lowest BCUT2D eigenvalue weighted by molar-refractivity contribution is -0.133. The monoisotopic (exact) mass is 364 g/mol. The Bertz CT molecular complexity index is 763. The zero-order valence-electron chi connectivity index (χ0n) is 16.2. The molecular formula is C23H28N2O2. The van der Waals surface area contributed by atoms with Crippen molar-refractivity contribution in [2.45, 2.75) is 45.1 Å². The van der Waals surface area contributed by atoms with E-state index in [0.717, 1.165) is 37.1 Å². The van der Waals surface area contributed by atoms with Gasteiger partial charge in [0.05, 0.1) is 12.5 Å². The van der Waals surface area contributed by atoms with E-state index >= 15 is 0 Å². The SMILES string of the molecule is CC(=O)NC(CC(=O)N1CCC(c2ccccc2)CC1)c1ccc(C)cc1. The van der Waals surface area contributed by atoms with Crippen molar-refractivity contribution in [1.29, 1.82) is 0 Å². The van der Waals surface area contributed by atoms with Gasteiger partial charge in [0.25, 0.3) is 0 Å². The molecule has 2 amide bonds. The van der Waals surface area contributed by atoms with Gasteiger partial charge >= 0.3 is 0 Å². The number of piperidine rings is 1. The second-order valence-corrected chi connectivity index (χ2v) is 7.43. The number of hydrogen-bond donors (Lipinski definition) is 1. The quantitative estimate of drug-likeness (QED) is 0.873. The molecule has 2 aromatic carbocycles. The van der Waals surface area contributed by atoms with E-state index in [1.54, 1.807) is 0 Å². The highest BCUT2D eigenvalue weighted by molar-refractivity contribution is 5.79. The lowest BCUT2D eigenvalue weighted by Gasteiger charge is -2.33. The fourth-order valence-electron chi connectivity index (χ4n) is 3.79. The molecule has 1 fully saturated rings. The highest BCUT2D eigenvalue weighted by Gasteiger charge is 2.26. The maximum absolute atomic E-state index is 12.8. The van der Waals surface area contributed by atoms with Crippen molar-refractivity contribution in [3.63, 3.8) is 0 Å². The van der Waals surface area contributed by atoms with Crippen molar-refractivity contribution in [3.8, 4) is 0 Å². The van der Waals surface area contributed by atoms with Gasteiger partial charge in [-0.15, -0.1) is 0 Å². The molecule has 1 atom stereocenters. The van der Waals surface area contributed by atoms with Crippen LogP contribution in [0.3, 0.4) is 0 Å². The molecule has 4 heteroatoms. The van der Waals surface area contributed by atoms with Crippen LogP contribution in [-0.4, -0.2) is 29.8 Å². The van der Waals surface area contributed by atoms with Gasteiger partial charge in [0.2, 0.25) is 11.8 Å². The van der Waals surface area contributed by atoms with Gasteiger partial charge in [-0.2, -0.15) is 0 Å². The van der Waals surface area contributed by atoms with Gasteiger partial charge in [0, 0.05) is 20.0 Å². The third kappa shape index (κ3) is 5.19. The number of carbonyl (C=O) groups is 2. The topological polar surface area (TPSA) is 49.4 Å². The number of nitrogens with zero attached hydrogens (tertiary/aromatic N) is 1. The van der Waals surface area contributed by atoms with Gasteiger partial charge < -0.3 is 10.2 Å². The molecule has 2 aromatic rings. The van der Waals surface area contributed by atoms with Crippen LogP contribution in [0.5, 0.6) is 0 Å². The summed E-state index contributed by atoms with van der Waals surface area (Å²) in [7, 11) is 0. The third-order valence-electron chi connectivity index (χ3n) is 5.35. The van der Waals surface area contributed by atoms with Gasteiger partial charge in [-0.1, -0.05) is 60.2 Å². The van der Waals surface area contributed by atoms with Crippen molar-refractivity contribution in [3.05, 3.63) is 71.3 Å². The molecule has 4 nitrogen and oxygen atoms in total. The minimum atomic E-state index is -0.276. The van der Waals surface area contributed by atoms with E-state index in [9.17, 15) is 9.59 Å². The summed E-state index contributed by atoms with van der Waals surface area (Å²) >= 11 is 0. The van der Waals surface area contributed by atoms with Crippen LogP contribution in [0.2, 0.25) is 0 Å². The van der Waals surface area contributed by atoms with Crippen LogP contribution >= 0.6 is 0 Å². The minimum absolute atomic E-state index is 0.112. The van der Waals surface area contributed by atoms with Crippen molar-refractivity contribution in [1.82, 2.24) is 10.2 Å². The maximum atomic E-state index is 12.8. The first kappa shape index (κ1) is 19.2. The molecule has 0 aliphatic carbocycles. The number of hydrogen-bond acceptors (Lipinski definition) is 2. The lowest BCUT2D eigenvalue weighted by atomic mass is 9.89. The third-order valence-corrected chi connectivity index (χ3v) is 5.35. The average Bonchev–Trinajstić information content (AvgIpc) is 2.68. The minimum Gasteiger partial charge on any atom is -0.349 e. The first-order valence-corrected chi connectivity index (χ1v) is 9.69. The van der Waals surface area contributed by atoms with Gasteiger partial charge in [-0.25, -0.2) is 0 Å². The predicted molar refractivity (Wildman–Crippen MR) is 107 cm³/mol. The largest absolute Gasteiger partial charge is 0.349 e. The zero-order chi connectivity index (χ0) is 19.2. The first-order valence-electron chi connectivity index (χ1n) is 9.69. The second-order valence-electron chi connectivity index (χ2n) is 7.43. The molecule has 0 bridgehead atoms. The number of aryl methyl sites for hydroxylation is 1. The van der Waals surface area contributed by atoms with Crippen LogP contribution in [-0.2, 0) is 9.59 Å². The Morgan fingerprint density at radius 3 is 2.26 bits per heavy atom. The first-order chi connectivity index (χ1) is 13.0. The van der Waals surface area contributed by atoms with E-state index in [1.807, 2.05) is 42.2 Å². The summed E-state index contributed by atoms with van der Waals surface area (Å²) in [5.41, 5.74) is 3.50. The molecular weight excluding hydrogens is 336 g/mol. The summed E-state index contributed by atoms with van der Waals surface area (Å²) in [6.07, 6.45) is 2.29. The number of rotatable bonds is 5. The summed E-state index contributed by atoms with van der Waals surface area (Å²) in [4.78, 5) is 26.4. The van der Waals surface area contributed by atoms with E-state index in [1.165, 1.54) is 12.5 Å². The van der Waals surface area contributed by atoms with E-state index in [-0.39, 0.29) is 17.9 Å². The Hall–Kier alpha value is -2.62. The van der Waals surface area contributed by atoms with Crippen LogP contribution in [0.4, 0.5) is 0 Å². The highest BCUT2D eigenvalue weighted by Crippen LogP contribution is 2.29. The molecule has 0 saturated carbocycles. The number of likely N-dealkylation sites (tertiary alicyclic amines) is 1. The molecule has 27 heavy (non-hydrogen) atoms. The molecule has 0 spiro atoms. The van der Waals surface area contributed by atoms with Crippen molar-refractivity contribution >= 4 is 11.8 Å². The van der Waals surface area contributed by atoms with E-state index in [0.29, 0.717) is 12.3 Å². The van der Waals surface area contributed by atoms with Crippen LogP contribution in [0.25, 0.3) is 0 Å². The van der Waals surface area contributed by atoms with Crippen molar-refractivity contribution < 1.29 is 9.59 Å². The summed E-state index contributed by atoms with van der Waals surface area (Å²) in [6, 6.07) is 18.3. The van der Waals surface area contributed by atoms with Crippen LogP contribution in [0.1, 0.15) is 54.8 Å². The van der Waals surface area contributed by atoms with Crippen LogP contribution in [0.15, 0.2) is 54.6 Å². The van der Waals surface area contributed by atoms with Crippen molar-refractivity contribution in [2.24, 2.45) is 0 Å². The second kappa shape index (κ2) is 8.85. The summed E-state index contributed by atoms with van der Waals surface area (Å²) < 4.78 is 0. The number of amides is 2. The molecule has 142 valence electrons. The molecule has 0 aromatic heterocycles. The van der Waals surface area contributed by atoms with Gasteiger partial charge in [0.15, 0.2) is 0 Å². The number of carbonyl (C=O) groups excluding carboxylic acids is 2. The van der Waals surface area contributed by atoms with E-state index in [4.69, 9.17) is 0 Å². The summed E-state index contributed by atoms with van der Waals surface area (Å²) in [5, 5.41) is 2.93. The Labute approximate surface area is 161 Å². The molecule has 0 radical (unpaired) electrons. The smallest absolute Gasteiger partial charge is 0.224 e. The molecule has 1 aliphatic heterocycles. The molecule has 1 saturated heterocycles. The van der Waals surface area contributed by atoms with Crippen molar-refractivity contribution in [2.75, 3.05) is 13.1 Å². The summed E-state index contributed by atoms with van der Waals surface area (Å²) in [6.45, 7) is 5.08. The molecule has 1 aliphatic rings. The predicted octanol–water partition coefficient (Wildman–Crippen LogP) is 3.97. The average molecular weight is 364 g/mol. The molecule has 1 N–H and O–H groups in total. The normalized spacial score (nSPS) is 16.0. The fourth-order valence-corrected chi connectivity index (χ4v) is 3.79. The van der Waals surface area contributed by atoms with Gasteiger partial charge in [0.1, 0.15) is 0 Å². The Morgan fingerprint density at radius 1 is 1.04 bits per heavy atom. The highest BCUT2D eigenvalue weighted by atomic mass is 16.2. The maximum Gasteiger partial charge on any atom is 0.224 e. The Morgan fingerprint density at radius 2 is 1.67 bits per heavy atom. The summed E-state index contributed by atoms with van der Waals surface area (Å²) in [5.74, 6) is 0.524. The Balaban J connectivity index is 1.61. The number of benzene rings is 2. The number of nitrogens with one attached hydrogen (secondary N) is 1. The lowest BCUT2D eigenvalue weighted by Crippen LogP contribution is -2.40. The zero-order valence-corrected chi connectivity index (χ0v) is 16.2. The van der Waals surface area contributed by atoms with E-state index < -0.39 is 0 Å². The molecule has 3 rings (SSSR count).